The van der Waals surface area contributed by atoms with Gasteiger partial charge in [-0.2, -0.15) is 8.42 Å². The van der Waals surface area contributed by atoms with Crippen molar-refractivity contribution in [2.75, 3.05) is 0 Å². The molecule has 0 spiro atoms. The molecule has 2 N–H and O–H groups in total. The molecule has 0 heterocycles. The second kappa shape index (κ2) is 8.17. The molecule has 0 saturated heterocycles. The Morgan fingerprint density at radius 1 is 0.857 bits per heavy atom. The predicted octanol–water partition coefficient (Wildman–Crippen LogP) is 5.27. The molecule has 146 valence electrons. The smallest absolute Gasteiger partial charge is 0.298 e. The molecule has 3 aromatic carbocycles. The van der Waals surface area contributed by atoms with Crippen LogP contribution in [0.5, 0.6) is 5.75 Å². The molecule has 2 unspecified atom stereocenters. The highest BCUT2D eigenvalue weighted by molar-refractivity contribution is 7.86. The van der Waals surface area contributed by atoms with Crippen LogP contribution in [0, 0.1) is 6.92 Å². The van der Waals surface area contributed by atoms with E-state index in [4.69, 9.17) is 0 Å². The molecule has 0 aliphatic rings. The summed E-state index contributed by atoms with van der Waals surface area (Å²) in [6.07, 6.45) is 0.678. The number of phenols is 1. The topological polar surface area (TPSA) is 74.6 Å². The monoisotopic (exact) mass is 396 g/mol. The number of benzene rings is 3. The first-order chi connectivity index (χ1) is 13.3. The predicted molar refractivity (Wildman–Crippen MR) is 110 cm³/mol. The van der Waals surface area contributed by atoms with E-state index in [1.807, 2.05) is 55.5 Å². The van der Waals surface area contributed by atoms with Crippen molar-refractivity contribution in [2.24, 2.45) is 0 Å². The molecule has 3 rings (SSSR count). The Morgan fingerprint density at radius 3 is 1.93 bits per heavy atom. The van der Waals surface area contributed by atoms with Gasteiger partial charge in [-0.3, -0.25) is 4.55 Å². The maximum Gasteiger partial charge on any atom is 0.298 e. The van der Waals surface area contributed by atoms with Crippen molar-refractivity contribution >= 4 is 10.1 Å². The summed E-state index contributed by atoms with van der Waals surface area (Å²) in [5.41, 5.74) is 3.46. The van der Waals surface area contributed by atoms with Gasteiger partial charge in [0.2, 0.25) is 0 Å². The van der Waals surface area contributed by atoms with Crippen LogP contribution in [0.4, 0.5) is 0 Å². The molecule has 0 aliphatic heterocycles. The summed E-state index contributed by atoms with van der Waals surface area (Å²) >= 11 is 0. The Labute approximate surface area is 166 Å². The third-order valence-corrected chi connectivity index (χ3v) is 6.07. The molecular formula is C23H24O4S. The highest BCUT2D eigenvalue weighted by atomic mass is 32.2. The lowest BCUT2D eigenvalue weighted by molar-refractivity contribution is 0.432. The second-order valence-electron chi connectivity index (χ2n) is 7.13. The molecule has 0 amide bonds. The summed E-state index contributed by atoms with van der Waals surface area (Å²) in [6.45, 7) is 3.95. The second-order valence-corrected chi connectivity index (χ2v) is 8.52. The van der Waals surface area contributed by atoms with Gasteiger partial charge in [-0.15, -0.1) is 0 Å². The summed E-state index contributed by atoms with van der Waals surface area (Å²) in [7, 11) is -4.52. The zero-order valence-electron chi connectivity index (χ0n) is 15.9. The minimum absolute atomic E-state index is 0.180. The SMILES string of the molecule is Cc1ccc(S(=O)(=O)O)c(O)c1C(CC(C)c1ccccc1)c1ccccc1. The molecule has 0 fully saturated rings. The highest BCUT2D eigenvalue weighted by Crippen LogP contribution is 2.42. The van der Waals surface area contributed by atoms with Gasteiger partial charge in [0.15, 0.2) is 0 Å². The van der Waals surface area contributed by atoms with Crippen LogP contribution < -0.4 is 0 Å². The fraction of sp³-hybridized carbons (Fsp3) is 0.217. The van der Waals surface area contributed by atoms with Crippen molar-refractivity contribution in [2.45, 2.75) is 37.0 Å². The Kier molecular flexibility index (Phi) is 5.87. The molecule has 0 aromatic heterocycles. The number of aryl methyl sites for hydroxylation is 1. The Hall–Kier alpha value is -2.63. The normalized spacial score (nSPS) is 13.8. The molecule has 28 heavy (non-hydrogen) atoms. The molecule has 4 nitrogen and oxygen atoms in total. The van der Waals surface area contributed by atoms with E-state index in [2.05, 4.69) is 19.1 Å². The van der Waals surface area contributed by atoms with Crippen molar-refractivity contribution in [3.05, 3.63) is 95.1 Å². The number of hydrogen-bond acceptors (Lipinski definition) is 3. The van der Waals surface area contributed by atoms with Crippen LogP contribution in [0.3, 0.4) is 0 Å². The fourth-order valence-electron chi connectivity index (χ4n) is 3.71. The van der Waals surface area contributed by atoms with Gasteiger partial charge in [-0.05, 0) is 42.0 Å². The lowest BCUT2D eigenvalue weighted by Gasteiger charge is -2.25. The van der Waals surface area contributed by atoms with Gasteiger partial charge in [-0.1, -0.05) is 73.7 Å². The first kappa shape index (κ1) is 20.1. The van der Waals surface area contributed by atoms with Gasteiger partial charge < -0.3 is 5.11 Å². The van der Waals surface area contributed by atoms with Gasteiger partial charge >= 0.3 is 0 Å². The van der Waals surface area contributed by atoms with E-state index in [0.29, 0.717) is 12.0 Å². The number of phenolic OH excluding ortho intramolecular Hbond substituents is 1. The summed E-state index contributed by atoms with van der Waals surface area (Å²) in [5, 5.41) is 10.8. The van der Waals surface area contributed by atoms with Crippen molar-refractivity contribution in [3.63, 3.8) is 0 Å². The van der Waals surface area contributed by atoms with E-state index in [0.717, 1.165) is 11.1 Å². The van der Waals surface area contributed by atoms with E-state index >= 15 is 0 Å². The van der Waals surface area contributed by atoms with Crippen LogP contribution in [-0.4, -0.2) is 18.1 Å². The van der Waals surface area contributed by atoms with Crippen LogP contribution in [0.25, 0.3) is 0 Å². The minimum Gasteiger partial charge on any atom is -0.506 e. The van der Waals surface area contributed by atoms with Gasteiger partial charge in [-0.25, -0.2) is 0 Å². The Balaban J connectivity index is 2.13. The van der Waals surface area contributed by atoms with E-state index < -0.39 is 15.0 Å². The molecule has 0 aliphatic carbocycles. The Morgan fingerprint density at radius 2 is 1.39 bits per heavy atom. The van der Waals surface area contributed by atoms with Crippen molar-refractivity contribution < 1.29 is 18.1 Å². The standard InChI is InChI=1S/C23H24O4S/c1-16-13-14-21(28(25,26)27)23(24)22(16)20(19-11-7-4-8-12-19)15-17(2)18-9-5-3-6-10-18/h3-14,17,20,24H,15H2,1-2H3,(H,25,26,27). The first-order valence-corrected chi connectivity index (χ1v) is 10.6. The summed E-state index contributed by atoms with van der Waals surface area (Å²) in [4.78, 5) is -0.457. The maximum atomic E-state index is 11.7. The van der Waals surface area contributed by atoms with Gasteiger partial charge in [0.1, 0.15) is 10.6 Å². The largest absolute Gasteiger partial charge is 0.506 e. The van der Waals surface area contributed by atoms with E-state index in [1.165, 1.54) is 11.6 Å². The average molecular weight is 397 g/mol. The Bertz CT molecular complexity index is 1040. The molecule has 0 radical (unpaired) electrons. The van der Waals surface area contributed by atoms with Crippen LogP contribution in [0.15, 0.2) is 77.7 Å². The highest BCUT2D eigenvalue weighted by Gasteiger charge is 2.27. The van der Waals surface area contributed by atoms with Gasteiger partial charge in [0.25, 0.3) is 10.1 Å². The summed E-state index contributed by atoms with van der Waals surface area (Å²) < 4.78 is 32.9. The lowest BCUT2D eigenvalue weighted by Crippen LogP contribution is -2.10. The number of aromatic hydroxyl groups is 1. The zero-order chi connectivity index (χ0) is 20.3. The zero-order valence-corrected chi connectivity index (χ0v) is 16.7. The molecular weight excluding hydrogens is 372 g/mol. The van der Waals surface area contributed by atoms with Gasteiger partial charge in [0, 0.05) is 11.5 Å². The molecule has 3 aromatic rings. The number of rotatable bonds is 6. The van der Waals surface area contributed by atoms with Crippen LogP contribution >= 0.6 is 0 Å². The van der Waals surface area contributed by atoms with Crippen LogP contribution in [0.1, 0.15) is 47.4 Å². The molecule has 5 heteroatoms. The van der Waals surface area contributed by atoms with Crippen molar-refractivity contribution in [1.82, 2.24) is 0 Å². The van der Waals surface area contributed by atoms with Crippen molar-refractivity contribution in [1.29, 1.82) is 0 Å². The van der Waals surface area contributed by atoms with Crippen LogP contribution in [0.2, 0.25) is 0 Å². The van der Waals surface area contributed by atoms with Crippen LogP contribution in [-0.2, 0) is 10.1 Å². The molecule has 0 bridgehead atoms. The quantitative estimate of drug-likeness (QED) is 0.557. The van der Waals surface area contributed by atoms with E-state index in [1.54, 1.807) is 6.07 Å². The maximum absolute atomic E-state index is 11.7. The molecule has 2 atom stereocenters. The summed E-state index contributed by atoms with van der Waals surface area (Å²) in [5.74, 6) is -0.422. The lowest BCUT2D eigenvalue weighted by atomic mass is 9.80. The van der Waals surface area contributed by atoms with E-state index in [-0.39, 0.29) is 17.6 Å². The third kappa shape index (κ3) is 4.26. The van der Waals surface area contributed by atoms with E-state index in [9.17, 15) is 18.1 Å². The first-order valence-electron chi connectivity index (χ1n) is 9.19. The molecule has 0 saturated carbocycles. The number of hydrogen-bond donors (Lipinski definition) is 2. The van der Waals surface area contributed by atoms with Crippen molar-refractivity contribution in [3.8, 4) is 5.75 Å². The minimum atomic E-state index is -4.52. The average Bonchev–Trinajstić information content (AvgIpc) is 2.67. The summed E-state index contributed by atoms with van der Waals surface area (Å²) in [6, 6.07) is 22.7. The fourth-order valence-corrected chi connectivity index (χ4v) is 4.31. The van der Waals surface area contributed by atoms with Gasteiger partial charge in [0.05, 0.1) is 0 Å². The third-order valence-electron chi connectivity index (χ3n) is 5.18.